The highest BCUT2D eigenvalue weighted by Gasteiger charge is 2.55. The molecule has 1 spiro atoms. The summed E-state index contributed by atoms with van der Waals surface area (Å²) in [6.45, 7) is 1.05. The van der Waals surface area contributed by atoms with E-state index in [9.17, 15) is 5.11 Å². The lowest BCUT2D eigenvalue weighted by molar-refractivity contribution is 0.0134. The molecule has 3 atom stereocenters. The Morgan fingerprint density at radius 1 is 1.40 bits per heavy atom. The van der Waals surface area contributed by atoms with Gasteiger partial charge in [0.25, 0.3) is 0 Å². The van der Waals surface area contributed by atoms with E-state index in [-0.39, 0.29) is 17.6 Å². The van der Waals surface area contributed by atoms with Gasteiger partial charge in [0.1, 0.15) is 6.10 Å². The molecule has 1 aromatic rings. The van der Waals surface area contributed by atoms with Crippen LogP contribution in [-0.4, -0.2) is 38.0 Å². The molecule has 0 aromatic heterocycles. The number of hydrogen-bond donors (Lipinski definition) is 1. The van der Waals surface area contributed by atoms with Gasteiger partial charge in [0.2, 0.25) is 0 Å². The van der Waals surface area contributed by atoms with Crippen LogP contribution in [0.1, 0.15) is 31.2 Å². The second-order valence-electron chi connectivity index (χ2n) is 6.35. The lowest BCUT2D eigenvalue weighted by Crippen LogP contribution is -2.49. The number of aliphatic hydroxyl groups is 1. The highest BCUT2D eigenvalue weighted by atomic mass is 16.5. The van der Waals surface area contributed by atoms with Gasteiger partial charge in [-0.2, -0.15) is 0 Å². The van der Waals surface area contributed by atoms with Gasteiger partial charge in [0.05, 0.1) is 13.2 Å². The minimum Gasteiger partial charge on any atom is -0.493 e. The Labute approximate surface area is 119 Å². The summed E-state index contributed by atoms with van der Waals surface area (Å²) in [5.74, 6) is 1.73. The first kappa shape index (κ1) is 12.3. The number of aliphatic hydroxyl groups excluding tert-OH is 1. The molecule has 1 aliphatic carbocycles. The second-order valence-corrected chi connectivity index (χ2v) is 6.35. The summed E-state index contributed by atoms with van der Waals surface area (Å²) >= 11 is 0. The normalized spacial score (nSPS) is 34.2. The highest BCUT2D eigenvalue weighted by molar-refractivity contribution is 5.71. The molecule has 0 amide bonds. The predicted molar refractivity (Wildman–Crippen MR) is 76.8 cm³/mol. The molecule has 1 N–H and O–H groups in total. The summed E-state index contributed by atoms with van der Waals surface area (Å²) in [6.07, 6.45) is 3.60. The molecular formula is C16H21NO3. The lowest BCUT2D eigenvalue weighted by Gasteiger charge is -2.45. The van der Waals surface area contributed by atoms with E-state index < -0.39 is 0 Å². The summed E-state index contributed by atoms with van der Waals surface area (Å²) in [5.41, 5.74) is 2.68. The van der Waals surface area contributed by atoms with E-state index in [4.69, 9.17) is 9.47 Å². The molecule has 0 bridgehead atoms. The molecule has 2 unspecified atom stereocenters. The summed E-state index contributed by atoms with van der Waals surface area (Å²) in [4.78, 5) is 2.31. The molecule has 1 fully saturated rings. The van der Waals surface area contributed by atoms with E-state index in [2.05, 4.69) is 18.0 Å². The number of hydrogen-bond acceptors (Lipinski definition) is 4. The van der Waals surface area contributed by atoms with Crippen LogP contribution in [0.2, 0.25) is 0 Å². The zero-order chi connectivity index (χ0) is 13.9. The molecule has 108 valence electrons. The largest absolute Gasteiger partial charge is 0.493 e. The quantitative estimate of drug-likeness (QED) is 0.852. The topological polar surface area (TPSA) is 41.9 Å². The Kier molecular flexibility index (Phi) is 2.49. The summed E-state index contributed by atoms with van der Waals surface area (Å²) in [7, 11) is 3.83. The Bertz CT molecular complexity index is 559. The number of methoxy groups -OCH3 is 1. The smallest absolute Gasteiger partial charge is 0.167 e. The molecule has 2 aliphatic heterocycles. The standard InChI is InChI=1S/C16H21NO3/c1-17-8-7-16-6-5-10(18)9-13(16)20-15-12(19-2)4-3-11(17)14(15)16/h3-4,10,13,18H,5-9H2,1-2H3/t10?,13?,16-/m0/s1. The van der Waals surface area contributed by atoms with Gasteiger partial charge in [-0.25, -0.2) is 0 Å². The molecule has 2 heterocycles. The van der Waals surface area contributed by atoms with Crippen molar-refractivity contribution in [3.05, 3.63) is 17.7 Å². The van der Waals surface area contributed by atoms with E-state index in [1.807, 2.05) is 6.07 Å². The molecule has 1 saturated carbocycles. The van der Waals surface area contributed by atoms with Gasteiger partial charge in [-0.3, -0.25) is 0 Å². The molecule has 1 aromatic carbocycles. The maximum absolute atomic E-state index is 9.99. The van der Waals surface area contributed by atoms with Crippen LogP contribution < -0.4 is 14.4 Å². The van der Waals surface area contributed by atoms with Crippen LogP contribution in [0.5, 0.6) is 11.5 Å². The van der Waals surface area contributed by atoms with Crippen molar-refractivity contribution in [3.8, 4) is 11.5 Å². The van der Waals surface area contributed by atoms with E-state index in [1.165, 1.54) is 11.3 Å². The molecule has 0 radical (unpaired) electrons. The molecule has 3 aliphatic rings. The van der Waals surface area contributed by atoms with Gasteiger partial charge in [0, 0.05) is 36.7 Å². The molecule has 4 nitrogen and oxygen atoms in total. The van der Waals surface area contributed by atoms with Gasteiger partial charge in [0.15, 0.2) is 11.5 Å². The summed E-state index contributed by atoms with van der Waals surface area (Å²) in [5, 5.41) is 9.99. The van der Waals surface area contributed by atoms with Crippen LogP contribution in [-0.2, 0) is 5.41 Å². The SMILES string of the molecule is COc1ccc2c3c1OC1CC(O)CC[C@@]31CCN2C. The van der Waals surface area contributed by atoms with Gasteiger partial charge < -0.3 is 19.5 Å². The van der Waals surface area contributed by atoms with Gasteiger partial charge in [-0.05, 0) is 31.4 Å². The van der Waals surface area contributed by atoms with Crippen molar-refractivity contribution in [2.75, 3.05) is 25.6 Å². The van der Waals surface area contributed by atoms with E-state index >= 15 is 0 Å². The monoisotopic (exact) mass is 275 g/mol. The molecule has 0 saturated heterocycles. The minimum absolute atomic E-state index is 0.0882. The molecule has 20 heavy (non-hydrogen) atoms. The fourth-order valence-corrected chi connectivity index (χ4v) is 4.29. The minimum atomic E-state index is -0.228. The van der Waals surface area contributed by atoms with Crippen LogP contribution in [0.4, 0.5) is 5.69 Å². The first-order chi connectivity index (χ1) is 9.65. The van der Waals surface area contributed by atoms with Crippen LogP contribution in [0.3, 0.4) is 0 Å². The van der Waals surface area contributed by atoms with Gasteiger partial charge >= 0.3 is 0 Å². The van der Waals surface area contributed by atoms with Crippen LogP contribution >= 0.6 is 0 Å². The average Bonchev–Trinajstić information content (AvgIpc) is 2.79. The number of nitrogens with zero attached hydrogens (tertiary/aromatic N) is 1. The zero-order valence-corrected chi connectivity index (χ0v) is 12.1. The predicted octanol–water partition coefficient (Wildman–Crippen LogP) is 2.08. The summed E-state index contributed by atoms with van der Waals surface area (Å²) < 4.78 is 11.7. The number of rotatable bonds is 1. The van der Waals surface area contributed by atoms with Crippen LogP contribution in [0.25, 0.3) is 0 Å². The molecule has 4 heteroatoms. The number of anilines is 1. The molecular weight excluding hydrogens is 254 g/mol. The third-order valence-electron chi connectivity index (χ3n) is 5.41. The van der Waals surface area contributed by atoms with E-state index in [0.29, 0.717) is 0 Å². The number of benzene rings is 1. The van der Waals surface area contributed by atoms with Crippen LogP contribution in [0, 0.1) is 0 Å². The van der Waals surface area contributed by atoms with Crippen molar-refractivity contribution in [1.82, 2.24) is 0 Å². The van der Waals surface area contributed by atoms with Gasteiger partial charge in [-0.1, -0.05) is 0 Å². The third kappa shape index (κ3) is 1.40. The Balaban J connectivity index is 1.92. The Morgan fingerprint density at radius 3 is 3.05 bits per heavy atom. The summed E-state index contributed by atoms with van der Waals surface area (Å²) in [6, 6.07) is 4.15. The van der Waals surface area contributed by atoms with Crippen molar-refractivity contribution < 1.29 is 14.6 Å². The fourth-order valence-electron chi connectivity index (χ4n) is 4.29. The van der Waals surface area contributed by atoms with Gasteiger partial charge in [-0.15, -0.1) is 0 Å². The van der Waals surface area contributed by atoms with Crippen LogP contribution in [0.15, 0.2) is 12.1 Å². The van der Waals surface area contributed by atoms with Crippen molar-refractivity contribution in [2.24, 2.45) is 0 Å². The van der Waals surface area contributed by atoms with Crippen molar-refractivity contribution in [1.29, 1.82) is 0 Å². The first-order valence-electron chi connectivity index (χ1n) is 7.43. The first-order valence-corrected chi connectivity index (χ1v) is 7.43. The highest BCUT2D eigenvalue weighted by Crippen LogP contribution is 2.59. The van der Waals surface area contributed by atoms with Crippen molar-refractivity contribution >= 4 is 5.69 Å². The zero-order valence-electron chi connectivity index (χ0n) is 12.1. The second kappa shape index (κ2) is 4.04. The van der Waals surface area contributed by atoms with Crippen molar-refractivity contribution in [2.45, 2.75) is 43.3 Å². The third-order valence-corrected chi connectivity index (χ3v) is 5.41. The van der Waals surface area contributed by atoms with Crippen molar-refractivity contribution in [3.63, 3.8) is 0 Å². The average molecular weight is 275 g/mol. The maximum Gasteiger partial charge on any atom is 0.167 e. The van der Waals surface area contributed by atoms with E-state index in [0.717, 1.165) is 43.7 Å². The number of ether oxygens (including phenoxy) is 2. The Morgan fingerprint density at radius 2 is 2.25 bits per heavy atom. The maximum atomic E-state index is 9.99. The fraction of sp³-hybridized carbons (Fsp3) is 0.625. The Hall–Kier alpha value is -1.42. The van der Waals surface area contributed by atoms with E-state index in [1.54, 1.807) is 7.11 Å². The molecule has 4 rings (SSSR count). The lowest BCUT2D eigenvalue weighted by atomic mass is 9.64.